The van der Waals surface area contributed by atoms with E-state index < -0.39 is 48.8 Å². The highest BCUT2D eigenvalue weighted by Crippen LogP contribution is 2.38. The molecule has 0 saturated carbocycles. The number of halogens is 1. The van der Waals surface area contributed by atoms with Crippen molar-refractivity contribution in [2.24, 2.45) is 0 Å². The lowest BCUT2D eigenvalue weighted by atomic mass is 9.91. The molecule has 39 heavy (non-hydrogen) atoms. The molecule has 6 rings (SSSR count). The number of hydrogen-bond donors (Lipinski definition) is 3. The van der Waals surface area contributed by atoms with Crippen molar-refractivity contribution in [3.8, 4) is 17.0 Å². The Bertz CT molecular complexity index is 1340. The van der Waals surface area contributed by atoms with Crippen molar-refractivity contribution >= 4 is 11.6 Å². The van der Waals surface area contributed by atoms with E-state index in [-0.39, 0.29) is 12.1 Å². The topological polar surface area (TPSA) is 133 Å². The Kier molecular flexibility index (Phi) is 6.71. The summed E-state index contributed by atoms with van der Waals surface area (Å²) in [6.07, 6.45) is -3.00. The van der Waals surface area contributed by atoms with E-state index in [0.717, 1.165) is 17.9 Å². The van der Waals surface area contributed by atoms with E-state index in [1.807, 2.05) is 24.3 Å². The van der Waals surface area contributed by atoms with Crippen molar-refractivity contribution in [2.75, 3.05) is 31.7 Å². The van der Waals surface area contributed by atoms with Crippen LogP contribution in [0.1, 0.15) is 12.5 Å². The molecule has 3 N–H and O–H groups in total. The van der Waals surface area contributed by atoms with Crippen LogP contribution < -0.4 is 9.64 Å². The van der Waals surface area contributed by atoms with Gasteiger partial charge in [0.2, 0.25) is 0 Å². The van der Waals surface area contributed by atoms with Gasteiger partial charge in [0.1, 0.15) is 41.6 Å². The fraction of sp³-hybridized carbons (Fsp3) is 0.444. The van der Waals surface area contributed by atoms with Crippen LogP contribution in [-0.4, -0.2) is 104 Å². The van der Waals surface area contributed by atoms with Gasteiger partial charge in [0.15, 0.2) is 6.10 Å². The molecular formula is C27H30FN5O6. The van der Waals surface area contributed by atoms with Gasteiger partial charge < -0.3 is 34.6 Å². The molecule has 3 aliphatic rings. The summed E-state index contributed by atoms with van der Waals surface area (Å²) < 4.78 is 26.0. The van der Waals surface area contributed by atoms with Crippen LogP contribution in [0.2, 0.25) is 0 Å². The number of carbonyl (C=O) groups is 1. The minimum atomic E-state index is -1.46. The molecule has 0 radical (unpaired) electrons. The molecular weight excluding hydrogens is 509 g/mol. The van der Waals surface area contributed by atoms with Gasteiger partial charge >= 0.3 is 0 Å². The zero-order chi connectivity index (χ0) is 27.3. The van der Waals surface area contributed by atoms with Gasteiger partial charge in [-0.25, -0.2) is 9.07 Å². The molecule has 4 heterocycles. The van der Waals surface area contributed by atoms with E-state index in [9.17, 15) is 24.5 Å². The molecule has 3 aromatic rings. The van der Waals surface area contributed by atoms with Gasteiger partial charge in [0, 0.05) is 30.4 Å². The molecule has 0 aliphatic carbocycles. The summed E-state index contributed by atoms with van der Waals surface area (Å²) in [6.45, 7) is 0.546. The number of anilines is 1. The van der Waals surface area contributed by atoms with Crippen LogP contribution in [0.4, 0.5) is 10.1 Å². The summed E-state index contributed by atoms with van der Waals surface area (Å²) in [4.78, 5) is 17.7. The van der Waals surface area contributed by atoms with Gasteiger partial charge in [0.05, 0.1) is 26.0 Å². The SMILES string of the molecule is COc1ccc(N2C[C@@H]3C[C@H]2CN3C(=O)[C@@H]2O[C@H](CO)[C@H](O)[C@H](n3cc(-c4cccc(F)c4)nn3)[C@H]2O)cc1. The number of likely N-dealkylation sites (tertiary alicyclic amines) is 1. The third kappa shape index (κ3) is 4.52. The third-order valence-electron chi connectivity index (χ3n) is 8.00. The first-order valence-corrected chi connectivity index (χ1v) is 12.9. The standard InChI is InChI=1S/C27H30FN5O6/c1-38-20-7-5-17(6-8-20)31-11-19-10-18(31)12-32(19)27(37)26-25(36)23(24(35)22(14-34)39-26)33-13-21(29-30-33)15-3-2-4-16(28)9-15/h2-9,13,18-19,22-26,34-36H,10-12,14H2,1H3/t18-,19-,22+,23-,24-,25+,26+/m0/s1. The largest absolute Gasteiger partial charge is 0.497 e. The van der Waals surface area contributed by atoms with Gasteiger partial charge in [0.25, 0.3) is 5.91 Å². The van der Waals surface area contributed by atoms with Crippen LogP contribution in [0.25, 0.3) is 11.3 Å². The maximum Gasteiger partial charge on any atom is 0.254 e. The number of fused-ring (bicyclic) bond motifs is 2. The van der Waals surface area contributed by atoms with E-state index in [1.165, 1.54) is 29.1 Å². The van der Waals surface area contributed by atoms with Gasteiger partial charge in [-0.05, 0) is 42.8 Å². The zero-order valence-corrected chi connectivity index (χ0v) is 21.2. The molecule has 3 fully saturated rings. The maximum absolute atomic E-state index is 13.7. The fourth-order valence-electron chi connectivity index (χ4n) is 6.01. The highest BCUT2D eigenvalue weighted by molar-refractivity contribution is 5.83. The average molecular weight is 540 g/mol. The number of piperazine rings is 1. The second kappa shape index (κ2) is 10.2. The number of benzene rings is 2. The molecule has 2 bridgehead atoms. The molecule has 7 atom stereocenters. The summed E-state index contributed by atoms with van der Waals surface area (Å²) in [5, 5.41) is 40.2. The molecule has 11 nitrogen and oxygen atoms in total. The Balaban J connectivity index is 1.20. The summed E-state index contributed by atoms with van der Waals surface area (Å²) in [6, 6.07) is 12.5. The quantitative estimate of drug-likeness (QED) is 0.412. The number of carbonyl (C=O) groups excluding carboxylic acids is 1. The first kappa shape index (κ1) is 25.7. The van der Waals surface area contributed by atoms with Crippen molar-refractivity contribution in [1.82, 2.24) is 19.9 Å². The van der Waals surface area contributed by atoms with Crippen LogP contribution in [0.3, 0.4) is 0 Å². The number of aromatic nitrogens is 3. The number of methoxy groups -OCH3 is 1. The Morgan fingerprint density at radius 1 is 1.13 bits per heavy atom. The summed E-state index contributed by atoms with van der Waals surface area (Å²) in [5.74, 6) is -0.0659. The Hall–Kier alpha value is -3.58. The predicted molar refractivity (Wildman–Crippen MR) is 136 cm³/mol. The van der Waals surface area contributed by atoms with Gasteiger partial charge in [-0.2, -0.15) is 0 Å². The monoisotopic (exact) mass is 539 g/mol. The number of hydrogen-bond acceptors (Lipinski definition) is 9. The molecule has 0 unspecified atom stereocenters. The minimum absolute atomic E-state index is 0.0655. The molecule has 2 aromatic carbocycles. The second-order valence-corrected chi connectivity index (χ2v) is 10.2. The molecule has 1 amide bonds. The number of nitrogens with zero attached hydrogens (tertiary/aromatic N) is 5. The van der Waals surface area contributed by atoms with Crippen LogP contribution in [0.15, 0.2) is 54.7 Å². The maximum atomic E-state index is 13.7. The number of ether oxygens (including phenoxy) is 2. The van der Waals surface area contributed by atoms with Crippen LogP contribution in [0, 0.1) is 5.82 Å². The normalized spacial score (nSPS) is 30.1. The zero-order valence-electron chi connectivity index (χ0n) is 21.2. The predicted octanol–water partition coefficient (Wildman–Crippen LogP) is 0.605. The Morgan fingerprint density at radius 3 is 2.59 bits per heavy atom. The molecule has 3 aliphatic heterocycles. The fourth-order valence-corrected chi connectivity index (χ4v) is 6.01. The van der Waals surface area contributed by atoms with E-state index >= 15 is 0 Å². The lowest BCUT2D eigenvalue weighted by molar-refractivity contribution is -0.212. The number of aliphatic hydroxyl groups excluding tert-OH is 3. The lowest BCUT2D eigenvalue weighted by Crippen LogP contribution is -2.62. The average Bonchev–Trinajstić information content (AvgIpc) is 3.70. The first-order valence-electron chi connectivity index (χ1n) is 12.9. The van der Waals surface area contributed by atoms with Crippen LogP contribution in [-0.2, 0) is 9.53 Å². The molecule has 1 aromatic heterocycles. The van der Waals surface area contributed by atoms with E-state index in [0.29, 0.717) is 24.3 Å². The molecule has 0 spiro atoms. The van der Waals surface area contributed by atoms with Crippen molar-refractivity contribution in [3.63, 3.8) is 0 Å². The highest BCUT2D eigenvalue weighted by Gasteiger charge is 2.53. The van der Waals surface area contributed by atoms with E-state index in [2.05, 4.69) is 15.2 Å². The summed E-state index contributed by atoms with van der Waals surface area (Å²) in [7, 11) is 1.62. The molecule has 3 saturated heterocycles. The van der Waals surface area contributed by atoms with Gasteiger partial charge in [-0.1, -0.05) is 17.3 Å². The highest BCUT2D eigenvalue weighted by atomic mass is 19.1. The van der Waals surface area contributed by atoms with Crippen molar-refractivity contribution < 1.29 is 34.0 Å². The van der Waals surface area contributed by atoms with Gasteiger partial charge in [-0.15, -0.1) is 5.10 Å². The number of amides is 1. The smallest absolute Gasteiger partial charge is 0.254 e. The van der Waals surface area contributed by atoms with E-state index in [1.54, 1.807) is 18.1 Å². The number of rotatable bonds is 6. The van der Waals surface area contributed by atoms with Gasteiger partial charge in [-0.3, -0.25) is 4.79 Å². The van der Waals surface area contributed by atoms with Crippen molar-refractivity contribution in [1.29, 1.82) is 0 Å². The molecule has 206 valence electrons. The first-order chi connectivity index (χ1) is 18.9. The van der Waals surface area contributed by atoms with Crippen molar-refractivity contribution in [3.05, 3.63) is 60.5 Å². The summed E-state index contributed by atoms with van der Waals surface area (Å²) in [5.41, 5.74) is 1.85. The minimum Gasteiger partial charge on any atom is -0.497 e. The van der Waals surface area contributed by atoms with Crippen LogP contribution in [0.5, 0.6) is 5.75 Å². The van der Waals surface area contributed by atoms with E-state index in [4.69, 9.17) is 9.47 Å². The molecule has 12 heteroatoms. The lowest BCUT2D eigenvalue weighted by Gasteiger charge is -2.44. The Labute approximate surface area is 224 Å². The second-order valence-electron chi connectivity index (χ2n) is 10.2. The third-order valence-corrected chi connectivity index (χ3v) is 8.00. The van der Waals surface area contributed by atoms with Crippen molar-refractivity contribution in [2.45, 2.75) is 49.0 Å². The number of aliphatic hydroxyl groups is 3. The van der Waals surface area contributed by atoms with Crippen LogP contribution >= 0.6 is 0 Å². The summed E-state index contributed by atoms with van der Waals surface area (Å²) >= 11 is 0. The Morgan fingerprint density at radius 2 is 1.92 bits per heavy atom.